The van der Waals surface area contributed by atoms with Gasteiger partial charge in [0.15, 0.2) is 0 Å². The molecule has 0 fully saturated rings. The number of carbonyl (C=O) groups is 1. The van der Waals surface area contributed by atoms with Gasteiger partial charge in [-0.1, -0.05) is 26.8 Å². The van der Waals surface area contributed by atoms with E-state index in [1.165, 1.54) is 5.56 Å². The number of carboxylic acids is 1. The fourth-order valence-electron chi connectivity index (χ4n) is 4.08. The van der Waals surface area contributed by atoms with E-state index < -0.39 is 5.97 Å². The van der Waals surface area contributed by atoms with Crippen molar-refractivity contribution in [2.75, 3.05) is 13.2 Å². The quantitative estimate of drug-likeness (QED) is 0.404. The van der Waals surface area contributed by atoms with Gasteiger partial charge < -0.3 is 19.0 Å². The zero-order valence-electron chi connectivity index (χ0n) is 19.5. The van der Waals surface area contributed by atoms with Crippen LogP contribution in [0.15, 0.2) is 53.1 Å². The first kappa shape index (κ1) is 22.9. The molecular weight excluding hydrogens is 418 g/mol. The molecule has 3 aromatic rings. The lowest BCUT2D eigenvalue weighted by molar-refractivity contribution is -0.137. The highest BCUT2D eigenvalue weighted by atomic mass is 16.5. The molecule has 0 amide bonds. The van der Waals surface area contributed by atoms with Crippen LogP contribution < -0.4 is 9.47 Å². The third-order valence-electron chi connectivity index (χ3n) is 5.94. The standard InChI is InChI=1S/C27H31NO5/c1-27(2,3)24-17-33-26(28-24)18-7-9-21(10-8-18)31-13-4-14-32-22-11-12-23-19(15-22)5-6-20(23)16-25(29)30/h7-12,15,17,20H,4-6,13-14,16H2,1-3H3,(H,29,30)/t20-/m0/s1. The molecule has 174 valence electrons. The average Bonchev–Trinajstić information content (AvgIpc) is 3.41. The van der Waals surface area contributed by atoms with Crippen molar-refractivity contribution in [2.45, 2.75) is 57.8 Å². The minimum absolute atomic E-state index is 0.0462. The minimum atomic E-state index is -0.741. The van der Waals surface area contributed by atoms with Crippen molar-refractivity contribution in [1.29, 1.82) is 0 Å². The lowest BCUT2D eigenvalue weighted by Gasteiger charge is -2.13. The predicted octanol–water partition coefficient (Wildman–Crippen LogP) is 5.99. The van der Waals surface area contributed by atoms with Gasteiger partial charge in [-0.15, -0.1) is 0 Å². The second kappa shape index (κ2) is 9.69. The molecular formula is C27H31NO5. The van der Waals surface area contributed by atoms with Gasteiger partial charge in [0, 0.05) is 17.4 Å². The number of aromatic nitrogens is 1. The summed E-state index contributed by atoms with van der Waals surface area (Å²) in [6.45, 7) is 7.44. The Morgan fingerprint density at radius 2 is 1.79 bits per heavy atom. The number of ether oxygens (including phenoxy) is 2. The van der Waals surface area contributed by atoms with E-state index in [9.17, 15) is 4.79 Å². The second-order valence-electron chi connectivity index (χ2n) is 9.56. The van der Waals surface area contributed by atoms with E-state index in [0.29, 0.717) is 19.1 Å². The number of aliphatic carboxylic acids is 1. The lowest BCUT2D eigenvalue weighted by atomic mass is 9.93. The normalized spacial score (nSPS) is 15.3. The van der Waals surface area contributed by atoms with Gasteiger partial charge in [0.2, 0.25) is 5.89 Å². The topological polar surface area (TPSA) is 81.8 Å². The average molecular weight is 450 g/mol. The highest BCUT2D eigenvalue weighted by Gasteiger charge is 2.25. The number of hydrogen-bond acceptors (Lipinski definition) is 5. The zero-order chi connectivity index (χ0) is 23.4. The van der Waals surface area contributed by atoms with E-state index in [4.69, 9.17) is 19.0 Å². The smallest absolute Gasteiger partial charge is 0.303 e. The van der Waals surface area contributed by atoms with Gasteiger partial charge in [-0.05, 0) is 66.3 Å². The number of nitrogens with zero attached hydrogens (tertiary/aromatic N) is 1. The number of fused-ring (bicyclic) bond motifs is 1. The molecule has 33 heavy (non-hydrogen) atoms. The van der Waals surface area contributed by atoms with Gasteiger partial charge in [-0.3, -0.25) is 4.79 Å². The van der Waals surface area contributed by atoms with Crippen LogP contribution in [0.5, 0.6) is 11.5 Å². The van der Waals surface area contributed by atoms with Crippen LogP contribution in [-0.4, -0.2) is 29.3 Å². The number of carboxylic acid groups (broad SMARTS) is 1. The molecule has 6 nitrogen and oxygen atoms in total. The van der Waals surface area contributed by atoms with Crippen LogP contribution >= 0.6 is 0 Å². The second-order valence-corrected chi connectivity index (χ2v) is 9.56. The number of rotatable bonds is 9. The third kappa shape index (κ3) is 5.75. The summed E-state index contributed by atoms with van der Waals surface area (Å²) in [6, 6.07) is 13.7. The van der Waals surface area contributed by atoms with Gasteiger partial charge in [0.05, 0.1) is 25.3 Å². The van der Waals surface area contributed by atoms with Gasteiger partial charge in [0.1, 0.15) is 17.8 Å². The molecule has 1 aliphatic carbocycles. The Hall–Kier alpha value is -3.28. The monoisotopic (exact) mass is 449 g/mol. The fraction of sp³-hybridized carbons (Fsp3) is 0.407. The molecule has 0 unspecified atom stereocenters. The SMILES string of the molecule is CC(C)(C)c1coc(-c2ccc(OCCCOc3ccc4c(c3)CC[C@H]4CC(=O)O)cc2)n1. The molecule has 1 heterocycles. The molecule has 0 saturated heterocycles. The van der Waals surface area contributed by atoms with Crippen molar-refractivity contribution in [2.24, 2.45) is 0 Å². The van der Waals surface area contributed by atoms with E-state index >= 15 is 0 Å². The summed E-state index contributed by atoms with van der Waals surface area (Å²) >= 11 is 0. The summed E-state index contributed by atoms with van der Waals surface area (Å²) in [5, 5.41) is 9.05. The summed E-state index contributed by atoms with van der Waals surface area (Å²) in [4.78, 5) is 15.6. The van der Waals surface area contributed by atoms with Crippen LogP contribution in [0.2, 0.25) is 0 Å². The van der Waals surface area contributed by atoms with Gasteiger partial charge in [-0.2, -0.15) is 0 Å². The van der Waals surface area contributed by atoms with Crippen molar-refractivity contribution in [3.63, 3.8) is 0 Å². The molecule has 0 radical (unpaired) electrons. The van der Waals surface area contributed by atoms with Gasteiger partial charge in [-0.25, -0.2) is 4.98 Å². The van der Waals surface area contributed by atoms with Crippen molar-refractivity contribution >= 4 is 5.97 Å². The van der Waals surface area contributed by atoms with Crippen LogP contribution in [0.1, 0.15) is 62.8 Å². The fourth-order valence-corrected chi connectivity index (χ4v) is 4.08. The molecule has 4 rings (SSSR count). The highest BCUT2D eigenvalue weighted by Crippen LogP contribution is 2.37. The van der Waals surface area contributed by atoms with Crippen LogP contribution in [0.4, 0.5) is 0 Å². The molecule has 6 heteroatoms. The summed E-state index contributed by atoms with van der Waals surface area (Å²) in [5.74, 6) is 1.62. The third-order valence-corrected chi connectivity index (χ3v) is 5.94. The predicted molar refractivity (Wildman–Crippen MR) is 126 cm³/mol. The summed E-state index contributed by atoms with van der Waals surface area (Å²) in [6.07, 6.45) is 4.48. The van der Waals surface area contributed by atoms with E-state index in [1.54, 1.807) is 6.26 Å². The first-order valence-corrected chi connectivity index (χ1v) is 11.5. The first-order valence-electron chi connectivity index (χ1n) is 11.5. The van der Waals surface area contributed by atoms with Crippen LogP contribution in [0, 0.1) is 0 Å². The number of oxazole rings is 1. The van der Waals surface area contributed by atoms with E-state index in [1.807, 2.05) is 42.5 Å². The Bertz CT molecular complexity index is 1090. The van der Waals surface area contributed by atoms with Crippen molar-refractivity contribution in [3.05, 3.63) is 65.5 Å². The maximum absolute atomic E-state index is 11.0. The maximum Gasteiger partial charge on any atom is 0.303 e. The molecule has 2 aromatic carbocycles. The Morgan fingerprint density at radius 1 is 1.09 bits per heavy atom. The van der Waals surface area contributed by atoms with Gasteiger partial charge >= 0.3 is 5.97 Å². The number of hydrogen-bond donors (Lipinski definition) is 1. The zero-order valence-corrected chi connectivity index (χ0v) is 19.5. The van der Waals surface area contributed by atoms with Crippen LogP contribution in [-0.2, 0) is 16.6 Å². The lowest BCUT2D eigenvalue weighted by Crippen LogP contribution is -2.11. The van der Waals surface area contributed by atoms with Crippen molar-refractivity contribution < 1.29 is 23.8 Å². The Morgan fingerprint density at radius 3 is 2.45 bits per heavy atom. The van der Waals surface area contributed by atoms with E-state index in [0.717, 1.165) is 47.6 Å². The first-order chi connectivity index (χ1) is 15.8. The van der Waals surface area contributed by atoms with Crippen molar-refractivity contribution in [1.82, 2.24) is 4.98 Å². The molecule has 0 bridgehead atoms. The summed E-state index contributed by atoms with van der Waals surface area (Å²) in [7, 11) is 0. The minimum Gasteiger partial charge on any atom is -0.493 e. The van der Waals surface area contributed by atoms with E-state index in [2.05, 4.69) is 25.8 Å². The molecule has 1 N–H and O–H groups in total. The van der Waals surface area contributed by atoms with Gasteiger partial charge in [0.25, 0.3) is 0 Å². The summed E-state index contributed by atoms with van der Waals surface area (Å²) in [5.41, 5.74) is 4.16. The largest absolute Gasteiger partial charge is 0.493 e. The Balaban J connectivity index is 1.21. The molecule has 0 spiro atoms. The maximum atomic E-state index is 11.0. The molecule has 1 aromatic heterocycles. The number of aryl methyl sites for hydroxylation is 1. The molecule has 0 saturated carbocycles. The van der Waals surface area contributed by atoms with E-state index in [-0.39, 0.29) is 17.8 Å². The van der Waals surface area contributed by atoms with Crippen molar-refractivity contribution in [3.8, 4) is 23.0 Å². The summed E-state index contributed by atoms with van der Waals surface area (Å²) < 4.78 is 17.3. The number of benzene rings is 2. The molecule has 0 aliphatic heterocycles. The molecule has 1 atom stereocenters. The highest BCUT2D eigenvalue weighted by molar-refractivity contribution is 5.68. The Labute approximate surface area is 194 Å². The van der Waals surface area contributed by atoms with Crippen LogP contribution in [0.3, 0.4) is 0 Å². The van der Waals surface area contributed by atoms with Crippen LogP contribution in [0.25, 0.3) is 11.5 Å². The molecule has 1 aliphatic rings. The Kier molecular flexibility index (Phi) is 6.72.